The number of hydrogen-bond donors (Lipinski definition) is 2. The van der Waals surface area contributed by atoms with Crippen LogP contribution >= 0.6 is 12.2 Å². The molecule has 0 bridgehead atoms. The number of Topliss-reactive ketones (excluding diaryl/α,β-unsaturated/α-hetero) is 1. The van der Waals surface area contributed by atoms with Crippen LogP contribution in [0.1, 0.15) is 64.4 Å². The second-order valence-corrected chi connectivity index (χ2v) is 14.1. The fraction of sp³-hybridized carbons (Fsp3) is 0.450. The molecule has 2 N–H and O–H groups in total. The standard InChI is InChI=1S/C40H49N5O5S/c1-4-44-18-7-8-31(44)26-41-38(47)33-24-27(2)25-35(49-3)37(33)50-23-17-28-11-13-29(14-12-28)36(46)30-15-19-43(20-16-30)21-22-45-39(48)32-9-5-6-10-34(32)42-40(45)51/h5-6,9-14,24-25,30-31H,4,7-8,15-23,26H2,1-3H3,(H,41,47)(H,42,51). The van der Waals surface area contributed by atoms with Crippen molar-refractivity contribution in [1.29, 1.82) is 0 Å². The topological polar surface area (TPSA) is 109 Å². The number of likely N-dealkylation sites (tertiary alicyclic amines) is 2. The Balaban J connectivity index is 0.993. The number of nitrogens with one attached hydrogen (secondary N) is 2. The molecule has 1 aromatic heterocycles. The summed E-state index contributed by atoms with van der Waals surface area (Å²) in [6, 6.07) is 19.3. The number of aromatic nitrogens is 2. The number of ether oxygens (including phenoxy) is 2. The van der Waals surface area contributed by atoms with Gasteiger partial charge in [-0.15, -0.1) is 0 Å². The van der Waals surface area contributed by atoms with Gasteiger partial charge in [-0.25, -0.2) is 0 Å². The first-order valence-electron chi connectivity index (χ1n) is 18.2. The van der Waals surface area contributed by atoms with Gasteiger partial charge in [-0.2, -0.15) is 0 Å². The zero-order chi connectivity index (χ0) is 35.9. The summed E-state index contributed by atoms with van der Waals surface area (Å²) in [7, 11) is 1.59. The van der Waals surface area contributed by atoms with Crippen LogP contribution in [0.3, 0.4) is 0 Å². The molecule has 270 valence electrons. The first-order chi connectivity index (χ1) is 24.7. The molecule has 4 aromatic rings. The maximum absolute atomic E-state index is 13.4. The van der Waals surface area contributed by atoms with Crippen LogP contribution in [0.15, 0.2) is 65.5 Å². The van der Waals surface area contributed by atoms with Gasteiger partial charge in [0.1, 0.15) is 0 Å². The number of piperidine rings is 1. The Bertz CT molecular complexity index is 1970. The molecule has 1 unspecified atom stereocenters. The number of carbonyl (C=O) groups is 2. The van der Waals surface area contributed by atoms with Gasteiger partial charge in [0.05, 0.1) is 30.2 Å². The number of methoxy groups -OCH3 is 1. The highest BCUT2D eigenvalue weighted by molar-refractivity contribution is 7.71. The van der Waals surface area contributed by atoms with Crippen molar-refractivity contribution in [3.05, 3.63) is 98.0 Å². The molecule has 2 aliphatic heterocycles. The van der Waals surface area contributed by atoms with Gasteiger partial charge in [0, 0.05) is 43.6 Å². The average molecular weight is 712 g/mol. The monoisotopic (exact) mass is 711 g/mol. The van der Waals surface area contributed by atoms with E-state index in [-0.39, 0.29) is 23.2 Å². The Hall–Kier alpha value is -4.32. The summed E-state index contributed by atoms with van der Waals surface area (Å²) in [5.74, 6) is 0.969. The molecule has 0 aliphatic carbocycles. The van der Waals surface area contributed by atoms with Gasteiger partial charge in [0.25, 0.3) is 11.5 Å². The number of aromatic amines is 1. The minimum atomic E-state index is -0.159. The van der Waals surface area contributed by atoms with E-state index in [2.05, 4.69) is 27.0 Å². The highest BCUT2D eigenvalue weighted by Crippen LogP contribution is 2.33. The lowest BCUT2D eigenvalue weighted by Gasteiger charge is -2.31. The average Bonchev–Trinajstić information content (AvgIpc) is 3.62. The number of ketones is 1. The minimum Gasteiger partial charge on any atom is -0.493 e. The number of carbonyl (C=O) groups excluding carboxylic acids is 2. The fourth-order valence-corrected chi connectivity index (χ4v) is 7.75. The van der Waals surface area contributed by atoms with Crippen LogP contribution in [0.4, 0.5) is 0 Å². The number of likely N-dealkylation sites (N-methyl/N-ethyl adjacent to an activating group) is 1. The number of amides is 1. The first kappa shape index (κ1) is 36.5. The quantitative estimate of drug-likeness (QED) is 0.125. The number of para-hydroxylation sites is 1. The predicted molar refractivity (Wildman–Crippen MR) is 203 cm³/mol. The molecule has 10 nitrogen and oxygen atoms in total. The molecule has 3 aromatic carbocycles. The van der Waals surface area contributed by atoms with Crippen molar-refractivity contribution in [2.45, 2.75) is 58.5 Å². The maximum atomic E-state index is 13.4. The number of hydrogen-bond acceptors (Lipinski definition) is 8. The molecule has 11 heteroatoms. The molecule has 2 fully saturated rings. The second kappa shape index (κ2) is 16.8. The van der Waals surface area contributed by atoms with E-state index >= 15 is 0 Å². The number of nitrogens with zero attached hydrogens (tertiary/aromatic N) is 3. The lowest BCUT2D eigenvalue weighted by Crippen LogP contribution is -2.40. The fourth-order valence-electron chi connectivity index (χ4n) is 7.46. The molecule has 2 aliphatic rings. The van der Waals surface area contributed by atoms with E-state index in [9.17, 15) is 14.4 Å². The molecule has 0 radical (unpaired) electrons. The first-order valence-corrected chi connectivity index (χ1v) is 18.6. The van der Waals surface area contributed by atoms with Crippen LogP contribution in [-0.4, -0.2) is 90.1 Å². The summed E-state index contributed by atoms with van der Waals surface area (Å²) in [4.78, 5) is 47.7. The summed E-state index contributed by atoms with van der Waals surface area (Å²) in [6.07, 6.45) is 4.42. The summed E-state index contributed by atoms with van der Waals surface area (Å²) >= 11 is 5.47. The third-order valence-corrected chi connectivity index (χ3v) is 10.8. The van der Waals surface area contributed by atoms with Crippen LogP contribution in [0.5, 0.6) is 11.5 Å². The van der Waals surface area contributed by atoms with Gasteiger partial charge in [-0.1, -0.05) is 43.3 Å². The van der Waals surface area contributed by atoms with E-state index in [1.165, 1.54) is 0 Å². The van der Waals surface area contributed by atoms with E-state index in [0.717, 1.165) is 74.1 Å². The number of rotatable bonds is 14. The van der Waals surface area contributed by atoms with Crippen LogP contribution in [0.2, 0.25) is 0 Å². The third kappa shape index (κ3) is 8.60. The van der Waals surface area contributed by atoms with E-state index in [1.807, 2.05) is 67.6 Å². The minimum absolute atomic E-state index is 0.0287. The van der Waals surface area contributed by atoms with Crippen molar-refractivity contribution in [1.82, 2.24) is 24.7 Å². The van der Waals surface area contributed by atoms with E-state index in [1.54, 1.807) is 11.7 Å². The van der Waals surface area contributed by atoms with E-state index in [4.69, 9.17) is 21.7 Å². The molecule has 3 heterocycles. The highest BCUT2D eigenvalue weighted by atomic mass is 32.1. The van der Waals surface area contributed by atoms with Gasteiger partial charge in [-0.3, -0.25) is 23.9 Å². The summed E-state index contributed by atoms with van der Waals surface area (Å²) in [6.45, 7) is 9.92. The van der Waals surface area contributed by atoms with Crippen molar-refractivity contribution in [3.63, 3.8) is 0 Å². The number of fused-ring (bicyclic) bond motifs is 1. The lowest BCUT2D eigenvalue weighted by atomic mass is 9.88. The van der Waals surface area contributed by atoms with E-state index in [0.29, 0.717) is 65.9 Å². The molecule has 0 saturated carbocycles. The van der Waals surface area contributed by atoms with Crippen molar-refractivity contribution < 1.29 is 19.1 Å². The molecular weight excluding hydrogens is 663 g/mol. The normalized spacial score (nSPS) is 17.1. The molecule has 1 atom stereocenters. The summed E-state index contributed by atoms with van der Waals surface area (Å²) in [5.41, 5.74) is 3.84. The van der Waals surface area contributed by atoms with Crippen molar-refractivity contribution in [2.24, 2.45) is 5.92 Å². The van der Waals surface area contributed by atoms with E-state index < -0.39 is 0 Å². The van der Waals surface area contributed by atoms with Gasteiger partial charge in [-0.05, 0) is 106 Å². The summed E-state index contributed by atoms with van der Waals surface area (Å²) in [5, 5.41) is 3.76. The highest BCUT2D eigenvalue weighted by Gasteiger charge is 2.27. The van der Waals surface area contributed by atoms with Crippen LogP contribution in [-0.2, 0) is 13.0 Å². The van der Waals surface area contributed by atoms with Crippen molar-refractivity contribution in [3.8, 4) is 11.5 Å². The predicted octanol–water partition coefficient (Wildman–Crippen LogP) is 5.81. The molecule has 2 saturated heterocycles. The Kier molecular flexibility index (Phi) is 12.0. The number of benzene rings is 3. The Morgan fingerprint density at radius 1 is 1.00 bits per heavy atom. The van der Waals surface area contributed by atoms with Gasteiger partial charge in [0.2, 0.25) is 0 Å². The Labute approximate surface area is 304 Å². The Morgan fingerprint density at radius 3 is 2.51 bits per heavy atom. The van der Waals surface area contributed by atoms with Crippen molar-refractivity contribution in [2.75, 3.05) is 53.0 Å². The maximum Gasteiger partial charge on any atom is 0.262 e. The smallest absolute Gasteiger partial charge is 0.262 e. The second-order valence-electron chi connectivity index (χ2n) is 13.7. The SMILES string of the molecule is CCN1CCCC1CNC(=O)c1cc(C)cc(OC)c1OCCc1ccc(C(=O)C2CCN(CCn3c(=S)[nH]c4ccccc4c3=O)CC2)cc1. The van der Waals surface area contributed by atoms with Crippen molar-refractivity contribution >= 4 is 34.8 Å². The van der Waals surface area contributed by atoms with Crippen LogP contribution in [0.25, 0.3) is 10.9 Å². The van der Waals surface area contributed by atoms with Crippen LogP contribution in [0, 0.1) is 17.6 Å². The summed E-state index contributed by atoms with van der Waals surface area (Å²) < 4.78 is 13.9. The van der Waals surface area contributed by atoms with Gasteiger partial charge < -0.3 is 24.7 Å². The molecule has 6 rings (SSSR count). The molecular formula is C40H49N5O5S. The largest absolute Gasteiger partial charge is 0.493 e. The zero-order valence-electron chi connectivity index (χ0n) is 29.9. The zero-order valence-corrected chi connectivity index (χ0v) is 30.7. The lowest BCUT2D eigenvalue weighted by molar-refractivity contribution is 0.0836. The van der Waals surface area contributed by atoms with Gasteiger partial charge in [0.15, 0.2) is 22.1 Å². The molecule has 51 heavy (non-hydrogen) atoms. The number of H-pyrrole nitrogens is 1. The van der Waals surface area contributed by atoms with Gasteiger partial charge >= 0.3 is 0 Å². The third-order valence-electron chi connectivity index (χ3n) is 10.4. The molecule has 1 amide bonds. The molecule has 0 spiro atoms. The van der Waals surface area contributed by atoms with Crippen LogP contribution < -0.4 is 20.3 Å². The number of aryl methyl sites for hydroxylation is 1. The Morgan fingerprint density at radius 2 is 1.76 bits per heavy atom.